The molecule has 1 unspecified atom stereocenters. The Bertz CT molecular complexity index is 312. The Kier molecular flexibility index (Phi) is 3.90. The van der Waals surface area contributed by atoms with Gasteiger partial charge in [0, 0.05) is 22.5 Å². The molecule has 1 heterocycles. The van der Waals surface area contributed by atoms with E-state index in [2.05, 4.69) is 11.7 Å². The molecule has 1 radical (unpaired) electrons. The van der Waals surface area contributed by atoms with Gasteiger partial charge in [-0.3, -0.25) is 0 Å². The van der Waals surface area contributed by atoms with Crippen molar-refractivity contribution in [1.82, 2.24) is 5.32 Å². The first kappa shape index (κ1) is 11.3. The van der Waals surface area contributed by atoms with Crippen LogP contribution in [0.1, 0.15) is 24.8 Å². The number of piperidine rings is 1. The molecule has 0 spiro atoms. The zero-order valence-electron chi connectivity index (χ0n) is 8.47. The zero-order chi connectivity index (χ0) is 10.7. The van der Waals surface area contributed by atoms with E-state index >= 15 is 0 Å². The van der Waals surface area contributed by atoms with E-state index in [1.807, 2.05) is 12.1 Å². The molecule has 0 amide bonds. The van der Waals surface area contributed by atoms with E-state index in [0.717, 1.165) is 12.1 Å². The summed E-state index contributed by atoms with van der Waals surface area (Å²) in [6.45, 7) is 1.11. The highest BCUT2D eigenvalue weighted by molar-refractivity contribution is 6.34. The number of hydrogen-bond donors (Lipinski definition) is 1. The van der Waals surface area contributed by atoms with Crippen molar-refractivity contribution >= 4 is 23.2 Å². The van der Waals surface area contributed by atoms with E-state index in [1.165, 1.54) is 19.3 Å². The Hall–Kier alpha value is -0.240. The van der Waals surface area contributed by atoms with Gasteiger partial charge in [0.2, 0.25) is 0 Å². The van der Waals surface area contributed by atoms with Crippen LogP contribution >= 0.6 is 23.2 Å². The van der Waals surface area contributed by atoms with Gasteiger partial charge in [0.25, 0.3) is 0 Å². The first-order valence-electron chi connectivity index (χ1n) is 5.28. The van der Waals surface area contributed by atoms with Gasteiger partial charge in [-0.15, -0.1) is 0 Å². The summed E-state index contributed by atoms with van der Waals surface area (Å²) in [6.07, 6.45) is 5.98. The maximum absolute atomic E-state index is 5.94. The zero-order valence-corrected chi connectivity index (χ0v) is 9.98. The first-order chi connectivity index (χ1) is 7.24. The maximum atomic E-state index is 5.94. The van der Waals surface area contributed by atoms with E-state index < -0.39 is 0 Å². The van der Waals surface area contributed by atoms with Crippen molar-refractivity contribution in [3.8, 4) is 0 Å². The monoisotopic (exact) mass is 242 g/mol. The van der Waals surface area contributed by atoms with Crippen LogP contribution < -0.4 is 5.32 Å². The summed E-state index contributed by atoms with van der Waals surface area (Å²) >= 11 is 11.9. The van der Waals surface area contributed by atoms with Gasteiger partial charge >= 0.3 is 0 Å². The Morgan fingerprint density at radius 2 is 1.87 bits per heavy atom. The van der Waals surface area contributed by atoms with Crippen LogP contribution in [0.15, 0.2) is 18.2 Å². The van der Waals surface area contributed by atoms with Crippen molar-refractivity contribution in [1.29, 1.82) is 0 Å². The third kappa shape index (κ3) is 3.37. The molecular weight excluding hydrogens is 229 g/mol. The van der Waals surface area contributed by atoms with Crippen LogP contribution in [0.2, 0.25) is 10.0 Å². The molecule has 1 saturated heterocycles. The summed E-state index contributed by atoms with van der Waals surface area (Å²) in [6, 6.07) is 6.12. The standard InChI is InChI=1S/C12H14Cl2N/c13-10-5-9(6-11(14)8-10)7-12-3-1-2-4-15-12/h5-8,12,15H,1-4H2. The molecule has 0 aromatic heterocycles. The summed E-state index contributed by atoms with van der Waals surface area (Å²) in [4.78, 5) is 0. The highest BCUT2D eigenvalue weighted by atomic mass is 35.5. The van der Waals surface area contributed by atoms with Gasteiger partial charge in [-0.25, -0.2) is 0 Å². The molecule has 81 valence electrons. The smallest absolute Gasteiger partial charge is 0.0423 e. The van der Waals surface area contributed by atoms with Crippen molar-refractivity contribution in [2.24, 2.45) is 0 Å². The van der Waals surface area contributed by atoms with Crippen molar-refractivity contribution in [2.45, 2.75) is 25.3 Å². The molecule has 1 aliphatic rings. The molecule has 3 heteroatoms. The van der Waals surface area contributed by atoms with Crippen LogP contribution in [-0.2, 0) is 0 Å². The second-order valence-corrected chi connectivity index (χ2v) is 4.80. The molecule has 1 atom stereocenters. The lowest BCUT2D eigenvalue weighted by atomic mass is 9.98. The molecule has 1 aromatic carbocycles. The second-order valence-electron chi connectivity index (χ2n) is 3.93. The number of nitrogens with one attached hydrogen (secondary N) is 1. The average molecular weight is 243 g/mol. The molecule has 1 aromatic rings. The van der Waals surface area contributed by atoms with Crippen LogP contribution in [0.25, 0.3) is 0 Å². The summed E-state index contributed by atoms with van der Waals surface area (Å²) in [5.74, 6) is 0. The fourth-order valence-corrected chi connectivity index (χ4v) is 2.47. The van der Waals surface area contributed by atoms with Gasteiger partial charge in [-0.05, 0) is 43.1 Å². The normalized spacial score (nSPS) is 21.6. The minimum absolute atomic E-state index is 0.466. The minimum atomic E-state index is 0.466. The minimum Gasteiger partial charge on any atom is -0.313 e. The largest absolute Gasteiger partial charge is 0.313 e. The topological polar surface area (TPSA) is 12.0 Å². The summed E-state index contributed by atoms with van der Waals surface area (Å²) in [5, 5.41) is 4.86. The third-order valence-corrected chi connectivity index (χ3v) is 3.06. The van der Waals surface area contributed by atoms with E-state index in [4.69, 9.17) is 23.2 Å². The lowest BCUT2D eigenvalue weighted by Crippen LogP contribution is -2.34. The van der Waals surface area contributed by atoms with Crippen LogP contribution in [0, 0.1) is 6.42 Å². The Morgan fingerprint density at radius 3 is 2.47 bits per heavy atom. The first-order valence-corrected chi connectivity index (χ1v) is 6.04. The molecular formula is C12H14Cl2N. The number of rotatable bonds is 2. The van der Waals surface area contributed by atoms with Gasteiger partial charge in [0.05, 0.1) is 0 Å². The van der Waals surface area contributed by atoms with Gasteiger partial charge in [0.1, 0.15) is 0 Å². The highest BCUT2D eigenvalue weighted by Crippen LogP contribution is 2.22. The molecule has 0 bridgehead atoms. The SMILES string of the molecule is Clc1cc(Cl)cc([CH]C2CCCCN2)c1. The van der Waals surface area contributed by atoms with Gasteiger partial charge in [-0.1, -0.05) is 29.6 Å². The number of halogens is 2. The third-order valence-electron chi connectivity index (χ3n) is 2.63. The van der Waals surface area contributed by atoms with Crippen molar-refractivity contribution in [3.05, 3.63) is 40.2 Å². The average Bonchev–Trinajstić information content (AvgIpc) is 2.17. The van der Waals surface area contributed by atoms with Crippen molar-refractivity contribution in [2.75, 3.05) is 6.54 Å². The lowest BCUT2D eigenvalue weighted by Gasteiger charge is -2.23. The Morgan fingerprint density at radius 1 is 1.13 bits per heavy atom. The molecule has 1 fully saturated rings. The van der Waals surface area contributed by atoms with E-state index in [1.54, 1.807) is 6.07 Å². The molecule has 0 saturated carbocycles. The van der Waals surface area contributed by atoms with Crippen LogP contribution in [0.5, 0.6) is 0 Å². The van der Waals surface area contributed by atoms with Gasteiger partial charge < -0.3 is 5.32 Å². The number of benzene rings is 1. The van der Waals surface area contributed by atoms with E-state index in [-0.39, 0.29) is 0 Å². The highest BCUT2D eigenvalue weighted by Gasteiger charge is 2.13. The van der Waals surface area contributed by atoms with Crippen molar-refractivity contribution < 1.29 is 0 Å². The Balaban J connectivity index is 2.02. The predicted octanol–water partition coefficient (Wildman–Crippen LogP) is 3.69. The lowest BCUT2D eigenvalue weighted by molar-refractivity contribution is 0.440. The molecule has 15 heavy (non-hydrogen) atoms. The fraction of sp³-hybridized carbons (Fsp3) is 0.417. The Labute approximate surface area is 101 Å². The van der Waals surface area contributed by atoms with Crippen molar-refractivity contribution in [3.63, 3.8) is 0 Å². The maximum Gasteiger partial charge on any atom is 0.0423 e. The van der Waals surface area contributed by atoms with Gasteiger partial charge in [-0.2, -0.15) is 0 Å². The molecule has 1 nitrogen and oxygen atoms in total. The van der Waals surface area contributed by atoms with Crippen LogP contribution in [0.4, 0.5) is 0 Å². The fourth-order valence-electron chi connectivity index (χ4n) is 1.92. The molecule has 2 rings (SSSR count). The van der Waals surface area contributed by atoms with E-state index in [9.17, 15) is 0 Å². The molecule has 0 aliphatic carbocycles. The van der Waals surface area contributed by atoms with Crippen LogP contribution in [0.3, 0.4) is 0 Å². The summed E-state index contributed by atoms with van der Waals surface area (Å²) in [5.41, 5.74) is 1.10. The van der Waals surface area contributed by atoms with E-state index in [0.29, 0.717) is 16.1 Å². The summed E-state index contributed by atoms with van der Waals surface area (Å²) < 4.78 is 0. The quantitative estimate of drug-likeness (QED) is 0.835. The predicted molar refractivity (Wildman–Crippen MR) is 65.5 cm³/mol. The summed E-state index contributed by atoms with van der Waals surface area (Å²) in [7, 11) is 0. The second kappa shape index (κ2) is 5.20. The molecule has 1 aliphatic heterocycles. The molecule has 1 N–H and O–H groups in total. The van der Waals surface area contributed by atoms with Gasteiger partial charge in [0.15, 0.2) is 0 Å². The van der Waals surface area contributed by atoms with Crippen LogP contribution in [-0.4, -0.2) is 12.6 Å². The number of hydrogen-bond acceptors (Lipinski definition) is 1.